The summed E-state index contributed by atoms with van der Waals surface area (Å²) >= 11 is 0. The Balaban J connectivity index is 1.94. The summed E-state index contributed by atoms with van der Waals surface area (Å²) in [5.41, 5.74) is 0.660. The lowest BCUT2D eigenvalue weighted by atomic mass is 10.00. The molecule has 2 fully saturated rings. The number of nitrogens with one attached hydrogen (secondary N) is 1. The Morgan fingerprint density at radius 1 is 1.33 bits per heavy atom. The summed E-state index contributed by atoms with van der Waals surface area (Å²) in [6.45, 7) is 11.8. The summed E-state index contributed by atoms with van der Waals surface area (Å²) in [5, 5.41) is 3.82. The van der Waals surface area contributed by atoms with Gasteiger partial charge < -0.3 is 5.32 Å². The van der Waals surface area contributed by atoms with E-state index < -0.39 is 0 Å². The fourth-order valence-corrected chi connectivity index (χ4v) is 2.76. The molecule has 1 aliphatic heterocycles. The molecule has 15 heavy (non-hydrogen) atoms. The molecule has 1 saturated heterocycles. The average molecular weight is 210 g/mol. The van der Waals surface area contributed by atoms with E-state index in [1.807, 2.05) is 0 Å². The summed E-state index contributed by atoms with van der Waals surface area (Å²) in [6.07, 6.45) is 4.14. The molecule has 0 bridgehead atoms. The number of hydrogen-bond acceptors (Lipinski definition) is 2. The average Bonchev–Trinajstić information content (AvgIpc) is 2.86. The molecule has 88 valence electrons. The molecule has 0 aromatic rings. The Morgan fingerprint density at radius 2 is 2.00 bits per heavy atom. The summed E-state index contributed by atoms with van der Waals surface area (Å²) < 4.78 is 0. The van der Waals surface area contributed by atoms with Crippen LogP contribution in [0.25, 0.3) is 0 Å². The summed E-state index contributed by atoms with van der Waals surface area (Å²) in [5.74, 6) is 0. The predicted molar refractivity (Wildman–Crippen MR) is 65.1 cm³/mol. The molecule has 2 nitrogen and oxygen atoms in total. The molecule has 1 spiro atoms. The van der Waals surface area contributed by atoms with Crippen LogP contribution in [-0.4, -0.2) is 36.1 Å². The lowest BCUT2D eigenvalue weighted by molar-refractivity contribution is 0.260. The third-order valence-corrected chi connectivity index (χ3v) is 4.39. The van der Waals surface area contributed by atoms with Crippen molar-refractivity contribution in [2.45, 2.75) is 65.1 Å². The van der Waals surface area contributed by atoms with Crippen LogP contribution in [0.2, 0.25) is 0 Å². The van der Waals surface area contributed by atoms with Crippen LogP contribution in [0.5, 0.6) is 0 Å². The van der Waals surface area contributed by atoms with Crippen molar-refractivity contribution in [2.75, 3.05) is 13.1 Å². The summed E-state index contributed by atoms with van der Waals surface area (Å²) in [4.78, 5) is 2.65. The highest BCUT2D eigenvalue weighted by Gasteiger charge is 2.55. The van der Waals surface area contributed by atoms with E-state index in [-0.39, 0.29) is 0 Å². The predicted octanol–water partition coefficient (Wildman–Crippen LogP) is 2.25. The van der Waals surface area contributed by atoms with Crippen molar-refractivity contribution >= 4 is 0 Å². The van der Waals surface area contributed by atoms with Gasteiger partial charge in [0, 0.05) is 31.2 Å². The van der Waals surface area contributed by atoms with E-state index in [1.54, 1.807) is 0 Å². The van der Waals surface area contributed by atoms with Gasteiger partial charge in [-0.15, -0.1) is 0 Å². The molecule has 1 N–H and O–H groups in total. The van der Waals surface area contributed by atoms with Crippen molar-refractivity contribution in [1.29, 1.82) is 0 Å². The highest BCUT2D eigenvalue weighted by atomic mass is 15.2. The minimum absolute atomic E-state index is 0.660. The van der Waals surface area contributed by atoms with Crippen molar-refractivity contribution in [2.24, 2.45) is 5.41 Å². The van der Waals surface area contributed by atoms with E-state index in [4.69, 9.17) is 0 Å². The van der Waals surface area contributed by atoms with Gasteiger partial charge in [0.05, 0.1) is 0 Å². The van der Waals surface area contributed by atoms with Crippen LogP contribution in [-0.2, 0) is 0 Å². The maximum Gasteiger partial charge on any atom is 0.0266 e. The molecule has 0 amide bonds. The van der Waals surface area contributed by atoms with Crippen LogP contribution in [0.15, 0.2) is 0 Å². The molecule has 2 unspecified atom stereocenters. The van der Waals surface area contributed by atoms with Crippen LogP contribution >= 0.6 is 0 Å². The summed E-state index contributed by atoms with van der Waals surface area (Å²) in [6, 6.07) is 2.15. The first-order valence-electron chi connectivity index (χ1n) is 6.57. The fraction of sp³-hybridized carbons (Fsp3) is 1.00. The monoisotopic (exact) mass is 210 g/mol. The Hall–Kier alpha value is -0.0800. The maximum atomic E-state index is 3.82. The molecule has 0 radical (unpaired) electrons. The molecule has 2 heteroatoms. The van der Waals surface area contributed by atoms with Crippen molar-refractivity contribution in [3.05, 3.63) is 0 Å². The van der Waals surface area contributed by atoms with E-state index in [0.717, 1.165) is 6.04 Å². The normalized spacial score (nSPS) is 31.4. The van der Waals surface area contributed by atoms with E-state index in [2.05, 4.69) is 37.9 Å². The van der Waals surface area contributed by atoms with Gasteiger partial charge in [0.1, 0.15) is 0 Å². The molecule has 2 atom stereocenters. The van der Waals surface area contributed by atoms with Crippen LogP contribution in [0.3, 0.4) is 0 Å². The Bertz CT molecular complexity index is 221. The first kappa shape index (κ1) is 11.4. The van der Waals surface area contributed by atoms with Gasteiger partial charge in [-0.1, -0.05) is 6.92 Å². The lowest BCUT2D eigenvalue weighted by Gasteiger charge is -2.23. The van der Waals surface area contributed by atoms with Gasteiger partial charge in [-0.3, -0.25) is 4.90 Å². The second kappa shape index (κ2) is 4.06. The van der Waals surface area contributed by atoms with Gasteiger partial charge in [0.15, 0.2) is 0 Å². The van der Waals surface area contributed by atoms with E-state index in [0.29, 0.717) is 17.5 Å². The van der Waals surface area contributed by atoms with Crippen LogP contribution in [0.1, 0.15) is 47.0 Å². The topological polar surface area (TPSA) is 15.3 Å². The van der Waals surface area contributed by atoms with Gasteiger partial charge in [-0.05, 0) is 45.4 Å². The quantitative estimate of drug-likeness (QED) is 0.765. The highest BCUT2D eigenvalue weighted by molar-refractivity contribution is 5.10. The molecule has 1 saturated carbocycles. The van der Waals surface area contributed by atoms with E-state index >= 15 is 0 Å². The van der Waals surface area contributed by atoms with Crippen molar-refractivity contribution in [3.8, 4) is 0 Å². The van der Waals surface area contributed by atoms with Gasteiger partial charge >= 0.3 is 0 Å². The number of likely N-dealkylation sites (tertiary alicyclic amines) is 1. The third kappa shape index (κ3) is 2.21. The van der Waals surface area contributed by atoms with Crippen LogP contribution in [0.4, 0.5) is 0 Å². The zero-order valence-electron chi connectivity index (χ0n) is 10.7. The smallest absolute Gasteiger partial charge is 0.0266 e. The standard InChI is InChI=1S/C13H26N2/c1-5-11(4)14-12-8-15(10(2)3)9-13(12)6-7-13/h10-12,14H,5-9H2,1-4H3. The zero-order chi connectivity index (χ0) is 11.1. The number of hydrogen-bond donors (Lipinski definition) is 1. The van der Waals surface area contributed by atoms with Crippen molar-refractivity contribution in [3.63, 3.8) is 0 Å². The minimum atomic E-state index is 0.660. The Labute approximate surface area is 94.4 Å². The Morgan fingerprint density at radius 3 is 2.47 bits per heavy atom. The number of nitrogens with zero attached hydrogens (tertiary/aromatic N) is 1. The molecule has 0 aromatic heterocycles. The first-order valence-corrected chi connectivity index (χ1v) is 6.57. The first-order chi connectivity index (χ1) is 7.07. The Kier molecular flexibility index (Phi) is 3.09. The molecule has 2 aliphatic rings. The van der Waals surface area contributed by atoms with Crippen molar-refractivity contribution < 1.29 is 0 Å². The van der Waals surface area contributed by atoms with Gasteiger partial charge in [0.2, 0.25) is 0 Å². The lowest BCUT2D eigenvalue weighted by Crippen LogP contribution is -2.42. The third-order valence-electron chi connectivity index (χ3n) is 4.39. The van der Waals surface area contributed by atoms with Gasteiger partial charge in [0.25, 0.3) is 0 Å². The number of rotatable bonds is 4. The fourth-order valence-electron chi connectivity index (χ4n) is 2.76. The zero-order valence-corrected chi connectivity index (χ0v) is 10.7. The van der Waals surface area contributed by atoms with Gasteiger partial charge in [-0.2, -0.15) is 0 Å². The minimum Gasteiger partial charge on any atom is -0.310 e. The summed E-state index contributed by atoms with van der Waals surface area (Å²) in [7, 11) is 0. The molecule has 2 rings (SSSR count). The molecule has 1 aliphatic carbocycles. The second-order valence-electron chi connectivity index (χ2n) is 5.91. The highest BCUT2D eigenvalue weighted by Crippen LogP contribution is 2.53. The SMILES string of the molecule is CCC(C)NC1CN(C(C)C)CC12CC2. The second-order valence-corrected chi connectivity index (χ2v) is 5.91. The van der Waals surface area contributed by atoms with Gasteiger partial charge in [-0.25, -0.2) is 0 Å². The molecular formula is C13H26N2. The molecule has 1 heterocycles. The largest absolute Gasteiger partial charge is 0.310 e. The van der Waals surface area contributed by atoms with E-state index in [9.17, 15) is 0 Å². The molecular weight excluding hydrogens is 184 g/mol. The van der Waals surface area contributed by atoms with E-state index in [1.165, 1.54) is 32.4 Å². The van der Waals surface area contributed by atoms with Crippen molar-refractivity contribution in [1.82, 2.24) is 10.2 Å². The van der Waals surface area contributed by atoms with Crippen LogP contribution < -0.4 is 5.32 Å². The maximum absolute atomic E-state index is 3.82. The van der Waals surface area contributed by atoms with Crippen LogP contribution in [0, 0.1) is 5.41 Å². The molecule has 0 aromatic carbocycles.